The van der Waals surface area contributed by atoms with E-state index in [-0.39, 0.29) is 11.8 Å². The summed E-state index contributed by atoms with van der Waals surface area (Å²) in [5.41, 5.74) is 4.22. The molecule has 2 atom stereocenters. The number of allylic oxidation sites excluding steroid dienone is 6. The fourth-order valence-electron chi connectivity index (χ4n) is 11.5. The molecule has 6 nitrogen and oxygen atoms in total. The van der Waals surface area contributed by atoms with Gasteiger partial charge in [0.2, 0.25) is 0 Å². The largest absolute Gasteiger partial charge is 0.494 e. The molecular formula is C74H80O6. The van der Waals surface area contributed by atoms with Gasteiger partial charge in [-0.15, -0.1) is 0 Å². The van der Waals surface area contributed by atoms with Crippen molar-refractivity contribution in [3.05, 3.63) is 215 Å². The third kappa shape index (κ3) is 14.8. The molecule has 10 rings (SSSR count). The number of rotatable bonds is 0. The summed E-state index contributed by atoms with van der Waals surface area (Å²) in [5.74, 6) is 20.2. The average Bonchev–Trinajstić information content (AvgIpc) is 3.68. The van der Waals surface area contributed by atoms with Crippen LogP contribution in [0.1, 0.15) is 149 Å². The summed E-state index contributed by atoms with van der Waals surface area (Å²) >= 11 is 0. The summed E-state index contributed by atoms with van der Waals surface area (Å²) in [6, 6.07) is 51.5. The molecule has 0 radical (unpaired) electrons. The van der Waals surface area contributed by atoms with Gasteiger partial charge in [0.15, 0.2) is 0 Å². The normalized spacial score (nSPS) is 21.4. The summed E-state index contributed by atoms with van der Waals surface area (Å²) in [6.07, 6.45) is 32.9. The summed E-state index contributed by atoms with van der Waals surface area (Å²) in [5, 5.41) is 0. The van der Waals surface area contributed by atoms with Crippen LogP contribution in [0.4, 0.5) is 0 Å². The fourth-order valence-corrected chi connectivity index (χ4v) is 11.5. The highest BCUT2D eigenvalue weighted by molar-refractivity contribution is 5.63. The molecule has 6 heteroatoms. The Morgan fingerprint density at radius 3 is 0.700 bits per heavy atom. The number of benzene rings is 6. The molecule has 4 aliphatic rings. The van der Waals surface area contributed by atoms with Gasteiger partial charge in [0.05, 0.1) is 51.5 Å². The summed E-state index contributed by atoms with van der Waals surface area (Å²) in [6.45, 7) is 3.95. The minimum absolute atomic E-state index is 0.251. The van der Waals surface area contributed by atoms with Crippen molar-refractivity contribution in [2.75, 3.05) is 39.6 Å². The topological polar surface area (TPSA) is 55.4 Å². The van der Waals surface area contributed by atoms with Crippen molar-refractivity contribution in [1.29, 1.82) is 0 Å². The van der Waals surface area contributed by atoms with E-state index < -0.39 is 10.8 Å². The molecule has 0 aromatic heterocycles. The van der Waals surface area contributed by atoms with E-state index in [0.29, 0.717) is 39.6 Å². The van der Waals surface area contributed by atoms with Gasteiger partial charge < -0.3 is 28.4 Å². The summed E-state index contributed by atoms with van der Waals surface area (Å²) in [4.78, 5) is 0. The van der Waals surface area contributed by atoms with E-state index in [0.717, 1.165) is 158 Å². The summed E-state index contributed by atoms with van der Waals surface area (Å²) < 4.78 is 39.4. The predicted molar refractivity (Wildman–Crippen MR) is 324 cm³/mol. The van der Waals surface area contributed by atoms with Gasteiger partial charge in [-0.05, 0) is 145 Å². The van der Waals surface area contributed by atoms with Gasteiger partial charge in [-0.1, -0.05) is 210 Å². The molecule has 3 aliphatic heterocycles. The SMILES string of the molecule is C1#CC2(c3cccc(c3)OCCCCCCCCOc3cccc2c3)c2cccc(c2)OCCCCCCCCOc2cccc(c2)C2(C#CC3/C=C\C=C/C1/C=C\3)c1cccc(c1)OCCCCCCCCOc1cccc2c1. The molecule has 6 aromatic carbocycles. The lowest BCUT2D eigenvalue weighted by molar-refractivity contribution is 0.296. The molecule has 0 N–H and O–H groups in total. The van der Waals surface area contributed by atoms with E-state index in [4.69, 9.17) is 28.4 Å². The first-order chi connectivity index (χ1) is 39.6. The van der Waals surface area contributed by atoms with E-state index in [1.54, 1.807) is 0 Å². The Morgan fingerprint density at radius 2 is 0.475 bits per heavy atom. The van der Waals surface area contributed by atoms with Crippen LogP contribution >= 0.6 is 0 Å². The minimum atomic E-state index is -0.944. The van der Waals surface area contributed by atoms with Crippen LogP contribution in [-0.4, -0.2) is 39.6 Å². The van der Waals surface area contributed by atoms with Crippen molar-refractivity contribution in [2.24, 2.45) is 11.8 Å². The third-order valence-corrected chi connectivity index (χ3v) is 16.0. The Balaban J connectivity index is 1.12. The molecular weight excluding hydrogens is 985 g/mol. The monoisotopic (exact) mass is 1060 g/mol. The molecule has 0 saturated heterocycles. The molecule has 412 valence electrons. The standard InChI is InChI=1S/C74H80O6/c1-2-8-16-48-76-68-36-22-30-62(54-68)73(61-29-21-35-67(53-61)75-47-15-7-1)45-43-59-27-13-14-28-60(42-41-59)44-46-74(63-31-23-37-69(55-63)77-49-17-9-3-4-10-18-50-78-70-38-24-32-64(74)56-70)66-34-26-40-72(58-66)80-52-20-12-6-5-11-19-51-79-71-39-25-33-65(73)57-71/h13-14,21-42,53-60H,1-12,15-20,47-52H2/b27-13-,28-14-,42-41-. The highest BCUT2D eigenvalue weighted by Crippen LogP contribution is 2.45. The van der Waals surface area contributed by atoms with Gasteiger partial charge in [0.1, 0.15) is 45.3 Å². The molecule has 0 saturated carbocycles. The molecule has 6 aromatic rings. The smallest absolute Gasteiger partial charge is 0.119 e. The van der Waals surface area contributed by atoms with Gasteiger partial charge >= 0.3 is 0 Å². The first-order valence-corrected chi connectivity index (χ1v) is 30.1. The predicted octanol–water partition coefficient (Wildman–Crippen LogP) is 17.3. The molecule has 3 heterocycles. The number of hydrogen-bond donors (Lipinski definition) is 0. The van der Waals surface area contributed by atoms with Crippen LogP contribution in [0.5, 0.6) is 34.5 Å². The zero-order valence-electron chi connectivity index (χ0n) is 46.9. The van der Waals surface area contributed by atoms with E-state index in [2.05, 4.69) is 206 Å². The first-order valence-electron chi connectivity index (χ1n) is 30.1. The van der Waals surface area contributed by atoms with Crippen molar-refractivity contribution in [3.8, 4) is 58.2 Å². The average molecular weight is 1070 g/mol. The highest BCUT2D eigenvalue weighted by Gasteiger charge is 2.38. The van der Waals surface area contributed by atoms with Gasteiger partial charge in [-0.25, -0.2) is 0 Å². The lowest BCUT2D eigenvalue weighted by atomic mass is 9.69. The second kappa shape index (κ2) is 29.1. The molecule has 0 fully saturated rings. The fraction of sp³-hybridized carbons (Fsp3) is 0.378. The molecule has 2 spiro atoms. The van der Waals surface area contributed by atoms with Gasteiger partial charge in [-0.3, -0.25) is 0 Å². The molecule has 14 bridgehead atoms. The third-order valence-electron chi connectivity index (χ3n) is 16.0. The van der Waals surface area contributed by atoms with E-state index >= 15 is 0 Å². The van der Waals surface area contributed by atoms with Crippen LogP contribution in [0.3, 0.4) is 0 Å². The van der Waals surface area contributed by atoms with Crippen LogP contribution in [0.15, 0.2) is 182 Å². The second-order valence-electron chi connectivity index (χ2n) is 21.9. The molecule has 80 heavy (non-hydrogen) atoms. The Morgan fingerprint density at radius 1 is 0.263 bits per heavy atom. The quantitative estimate of drug-likeness (QED) is 0.112. The second-order valence-corrected chi connectivity index (χ2v) is 21.9. The molecule has 0 amide bonds. The van der Waals surface area contributed by atoms with Gasteiger partial charge in [0.25, 0.3) is 0 Å². The molecule has 2 unspecified atom stereocenters. The van der Waals surface area contributed by atoms with Crippen molar-refractivity contribution in [2.45, 2.75) is 126 Å². The lowest BCUT2D eigenvalue weighted by Crippen LogP contribution is -2.28. The Kier molecular flexibility index (Phi) is 20.3. The first kappa shape index (κ1) is 55.8. The van der Waals surface area contributed by atoms with E-state index in [1.165, 1.54) is 25.7 Å². The number of hydrogen-bond acceptors (Lipinski definition) is 6. The van der Waals surface area contributed by atoms with Crippen LogP contribution in [-0.2, 0) is 10.8 Å². The van der Waals surface area contributed by atoms with Gasteiger partial charge in [0, 0.05) is 0 Å². The van der Waals surface area contributed by atoms with Gasteiger partial charge in [-0.2, -0.15) is 0 Å². The van der Waals surface area contributed by atoms with Crippen LogP contribution in [0.25, 0.3) is 0 Å². The zero-order valence-corrected chi connectivity index (χ0v) is 46.9. The van der Waals surface area contributed by atoms with Crippen LogP contribution in [0.2, 0.25) is 0 Å². The van der Waals surface area contributed by atoms with E-state index in [1.807, 2.05) is 0 Å². The Bertz CT molecular complexity index is 2840. The van der Waals surface area contributed by atoms with Crippen molar-refractivity contribution >= 4 is 0 Å². The van der Waals surface area contributed by atoms with Crippen LogP contribution in [0, 0.1) is 35.5 Å². The summed E-state index contributed by atoms with van der Waals surface area (Å²) in [7, 11) is 0. The van der Waals surface area contributed by atoms with Crippen LogP contribution < -0.4 is 28.4 Å². The molecule has 1 aliphatic carbocycles. The van der Waals surface area contributed by atoms with Crippen molar-refractivity contribution in [1.82, 2.24) is 0 Å². The van der Waals surface area contributed by atoms with Crippen molar-refractivity contribution < 1.29 is 28.4 Å². The number of fused-ring (bicyclic) bond motifs is 20. The Labute approximate surface area is 477 Å². The van der Waals surface area contributed by atoms with E-state index in [9.17, 15) is 0 Å². The Hall–Kier alpha value is -7.54. The maximum atomic E-state index is 6.61. The highest BCUT2D eigenvalue weighted by atomic mass is 16.5. The lowest BCUT2D eigenvalue weighted by Gasteiger charge is -2.32. The number of ether oxygens (including phenoxy) is 6. The van der Waals surface area contributed by atoms with Crippen molar-refractivity contribution in [3.63, 3.8) is 0 Å². The maximum absolute atomic E-state index is 6.61. The zero-order chi connectivity index (χ0) is 54.3. The maximum Gasteiger partial charge on any atom is 0.119 e. The minimum Gasteiger partial charge on any atom is -0.494 e.